The molecule has 4 rings (SSSR count). The van der Waals surface area contributed by atoms with Crippen LogP contribution >= 0.6 is 0 Å². The second kappa shape index (κ2) is 7.64. The first-order chi connectivity index (χ1) is 14.0. The standard InChI is InChI=1S/C20H18FN5O3/c1-28-14-6-7-16(21)17(10-14)25-20(27)24-12-2-4-13(5-3-12)26-11-23-19-15(18(26)22)8-9-29-19/h2-11,18H,22H2,1H3,(H2,24,25,27). The second-order valence-corrected chi connectivity index (χ2v) is 6.25. The number of amides is 2. The number of methoxy groups -OCH3 is 1. The minimum Gasteiger partial charge on any atom is -0.497 e. The third-order valence-corrected chi connectivity index (χ3v) is 4.44. The molecule has 8 nitrogen and oxygen atoms in total. The minimum absolute atomic E-state index is 0.0184. The van der Waals surface area contributed by atoms with Crippen LogP contribution in [0.1, 0.15) is 11.7 Å². The van der Waals surface area contributed by atoms with E-state index in [1.54, 1.807) is 47.8 Å². The average Bonchev–Trinajstić information content (AvgIpc) is 3.20. The molecular formula is C20H18FN5O3. The van der Waals surface area contributed by atoms with Crippen LogP contribution in [-0.4, -0.2) is 19.5 Å². The number of nitrogens with two attached hydrogens (primary N) is 1. The Kier molecular flexibility index (Phi) is 4.88. The van der Waals surface area contributed by atoms with Gasteiger partial charge in [0, 0.05) is 17.4 Å². The van der Waals surface area contributed by atoms with Crippen molar-refractivity contribution in [1.29, 1.82) is 0 Å². The molecule has 1 aliphatic rings. The third-order valence-electron chi connectivity index (χ3n) is 4.44. The maximum absolute atomic E-state index is 13.8. The van der Waals surface area contributed by atoms with Crippen molar-refractivity contribution in [1.82, 2.24) is 0 Å². The molecule has 2 amide bonds. The van der Waals surface area contributed by atoms with E-state index >= 15 is 0 Å². The van der Waals surface area contributed by atoms with E-state index in [0.717, 1.165) is 11.3 Å². The molecule has 0 fully saturated rings. The van der Waals surface area contributed by atoms with Gasteiger partial charge in [0.05, 0.1) is 24.6 Å². The molecule has 0 spiro atoms. The summed E-state index contributed by atoms with van der Waals surface area (Å²) in [5.41, 5.74) is 8.38. The summed E-state index contributed by atoms with van der Waals surface area (Å²) in [7, 11) is 1.46. The van der Waals surface area contributed by atoms with Crippen LogP contribution in [0.2, 0.25) is 0 Å². The maximum Gasteiger partial charge on any atom is 0.323 e. The van der Waals surface area contributed by atoms with Crippen molar-refractivity contribution >= 4 is 35.3 Å². The lowest BCUT2D eigenvalue weighted by Gasteiger charge is -2.29. The first kappa shape index (κ1) is 18.5. The van der Waals surface area contributed by atoms with Crippen LogP contribution in [-0.2, 0) is 0 Å². The summed E-state index contributed by atoms with van der Waals surface area (Å²) in [5, 5.41) is 5.11. The van der Waals surface area contributed by atoms with Crippen molar-refractivity contribution in [2.45, 2.75) is 6.17 Å². The molecule has 0 saturated carbocycles. The van der Waals surface area contributed by atoms with E-state index in [9.17, 15) is 9.18 Å². The molecule has 1 aromatic heterocycles. The van der Waals surface area contributed by atoms with E-state index < -0.39 is 18.0 Å². The number of nitrogens with zero attached hydrogens (tertiary/aromatic N) is 2. The van der Waals surface area contributed by atoms with E-state index in [1.165, 1.54) is 25.3 Å². The van der Waals surface area contributed by atoms with Crippen molar-refractivity contribution in [3.63, 3.8) is 0 Å². The fourth-order valence-corrected chi connectivity index (χ4v) is 2.93. The van der Waals surface area contributed by atoms with Crippen molar-refractivity contribution < 1.29 is 18.3 Å². The number of ether oxygens (including phenoxy) is 1. The summed E-state index contributed by atoms with van der Waals surface area (Å²) >= 11 is 0. The number of furan rings is 1. The number of aliphatic imine (C=N–C) groups is 1. The smallest absolute Gasteiger partial charge is 0.323 e. The lowest BCUT2D eigenvalue weighted by Crippen LogP contribution is -2.35. The summed E-state index contributed by atoms with van der Waals surface area (Å²) in [6.07, 6.45) is 2.71. The Balaban J connectivity index is 1.43. The van der Waals surface area contributed by atoms with Crippen LogP contribution in [0, 0.1) is 5.82 Å². The van der Waals surface area contributed by atoms with Crippen molar-refractivity contribution in [2.75, 3.05) is 22.6 Å². The summed E-state index contributed by atoms with van der Waals surface area (Å²) in [6.45, 7) is 0. The quantitative estimate of drug-likeness (QED) is 0.614. The average molecular weight is 395 g/mol. The Morgan fingerprint density at radius 2 is 2.00 bits per heavy atom. The minimum atomic E-state index is -0.579. The number of nitrogens with one attached hydrogen (secondary N) is 2. The van der Waals surface area contributed by atoms with Gasteiger partial charge in [-0.2, -0.15) is 0 Å². The highest BCUT2D eigenvalue weighted by Crippen LogP contribution is 2.34. The van der Waals surface area contributed by atoms with Gasteiger partial charge >= 0.3 is 6.03 Å². The largest absolute Gasteiger partial charge is 0.497 e. The molecule has 0 aliphatic carbocycles. The molecule has 1 aliphatic heterocycles. The van der Waals surface area contributed by atoms with Crippen LogP contribution in [0.5, 0.6) is 5.75 Å². The number of carbonyl (C=O) groups excluding carboxylic acids is 1. The number of rotatable bonds is 4. The van der Waals surface area contributed by atoms with Crippen LogP contribution < -0.4 is 26.0 Å². The Morgan fingerprint density at radius 3 is 2.76 bits per heavy atom. The number of urea groups is 1. The molecule has 0 bridgehead atoms. The topological polar surface area (TPSA) is 105 Å². The molecule has 3 aromatic rings. The fraction of sp³-hybridized carbons (Fsp3) is 0.100. The van der Waals surface area contributed by atoms with Gasteiger partial charge in [-0.05, 0) is 42.5 Å². The number of hydrogen-bond donors (Lipinski definition) is 3. The van der Waals surface area contributed by atoms with E-state index in [4.69, 9.17) is 14.9 Å². The molecule has 9 heteroatoms. The molecule has 148 valence electrons. The molecule has 1 unspecified atom stereocenters. The highest BCUT2D eigenvalue weighted by atomic mass is 19.1. The highest BCUT2D eigenvalue weighted by molar-refractivity contribution is 6.00. The number of benzene rings is 2. The highest BCUT2D eigenvalue weighted by Gasteiger charge is 2.24. The van der Waals surface area contributed by atoms with Gasteiger partial charge in [0.1, 0.15) is 24.1 Å². The Hall–Kier alpha value is -3.85. The zero-order valence-corrected chi connectivity index (χ0v) is 15.4. The Morgan fingerprint density at radius 1 is 1.21 bits per heavy atom. The van der Waals surface area contributed by atoms with E-state index in [1.807, 2.05) is 0 Å². The number of hydrogen-bond acceptors (Lipinski definition) is 6. The van der Waals surface area contributed by atoms with Crippen molar-refractivity contribution in [2.24, 2.45) is 10.7 Å². The lowest BCUT2D eigenvalue weighted by atomic mass is 10.2. The zero-order chi connectivity index (χ0) is 20.4. The van der Waals surface area contributed by atoms with Gasteiger partial charge in [0.2, 0.25) is 5.88 Å². The zero-order valence-electron chi connectivity index (χ0n) is 15.4. The van der Waals surface area contributed by atoms with E-state index in [2.05, 4.69) is 15.6 Å². The maximum atomic E-state index is 13.8. The summed E-state index contributed by atoms with van der Waals surface area (Å²) < 4.78 is 24.1. The summed E-state index contributed by atoms with van der Waals surface area (Å²) in [5.74, 6) is 0.369. The first-order valence-corrected chi connectivity index (χ1v) is 8.72. The molecule has 1 atom stereocenters. The summed E-state index contributed by atoms with van der Waals surface area (Å²) in [4.78, 5) is 18.2. The third kappa shape index (κ3) is 3.76. The van der Waals surface area contributed by atoms with Gasteiger partial charge in [0.25, 0.3) is 0 Å². The fourth-order valence-electron chi connectivity index (χ4n) is 2.93. The van der Waals surface area contributed by atoms with Crippen LogP contribution in [0.15, 0.2) is 64.2 Å². The van der Waals surface area contributed by atoms with Gasteiger partial charge in [0.15, 0.2) is 0 Å². The number of halogens is 1. The molecule has 2 aromatic carbocycles. The van der Waals surface area contributed by atoms with Gasteiger partial charge in [-0.15, -0.1) is 0 Å². The van der Waals surface area contributed by atoms with Crippen molar-refractivity contribution in [3.8, 4) is 5.75 Å². The predicted molar refractivity (Wildman–Crippen MR) is 108 cm³/mol. The normalized spacial score (nSPS) is 15.0. The van der Waals surface area contributed by atoms with E-state index in [0.29, 0.717) is 17.3 Å². The monoisotopic (exact) mass is 395 g/mol. The van der Waals surface area contributed by atoms with Crippen LogP contribution in [0.3, 0.4) is 0 Å². The Bertz CT molecular complexity index is 1060. The molecular weight excluding hydrogens is 377 g/mol. The number of anilines is 3. The SMILES string of the molecule is COc1ccc(F)c(NC(=O)Nc2ccc(N3C=Nc4occc4C3N)cc2)c1. The lowest BCUT2D eigenvalue weighted by molar-refractivity contribution is 0.262. The Labute approximate surface area is 165 Å². The van der Waals surface area contributed by atoms with E-state index in [-0.39, 0.29) is 5.69 Å². The van der Waals surface area contributed by atoms with Gasteiger partial charge in [-0.25, -0.2) is 14.2 Å². The number of fused-ring (bicyclic) bond motifs is 1. The van der Waals surface area contributed by atoms with Gasteiger partial charge < -0.3 is 30.4 Å². The van der Waals surface area contributed by atoms with Crippen LogP contribution in [0.25, 0.3) is 0 Å². The van der Waals surface area contributed by atoms with Crippen LogP contribution in [0.4, 0.5) is 32.1 Å². The molecule has 2 heterocycles. The second-order valence-electron chi connectivity index (χ2n) is 6.25. The molecule has 0 radical (unpaired) electrons. The van der Waals surface area contributed by atoms with Gasteiger partial charge in [-0.3, -0.25) is 0 Å². The van der Waals surface area contributed by atoms with Gasteiger partial charge in [-0.1, -0.05) is 0 Å². The molecule has 4 N–H and O–H groups in total. The molecule has 29 heavy (non-hydrogen) atoms. The van der Waals surface area contributed by atoms with Crippen molar-refractivity contribution in [3.05, 3.63) is 66.2 Å². The number of carbonyl (C=O) groups is 1. The summed E-state index contributed by atoms with van der Waals surface area (Å²) in [6, 6.07) is 12.3. The first-order valence-electron chi connectivity index (χ1n) is 8.72. The predicted octanol–water partition coefficient (Wildman–Crippen LogP) is 4.21. The molecule has 0 saturated heterocycles.